The van der Waals surface area contributed by atoms with Gasteiger partial charge < -0.3 is 15.2 Å². The molecule has 1 aromatic carbocycles. The van der Waals surface area contributed by atoms with Crippen LogP contribution >= 0.6 is 11.6 Å². The third-order valence-corrected chi connectivity index (χ3v) is 5.81. The highest BCUT2D eigenvalue weighted by atomic mass is 35.5. The molecule has 0 spiro atoms. The SMILES string of the molecule is CCN(c1cc(Cl)cc(C(=O)NCc2ccc[nH]c2=O)c1C)C1CCCCC1. The summed E-state index contributed by atoms with van der Waals surface area (Å²) in [4.78, 5) is 29.7. The number of benzene rings is 1. The van der Waals surface area contributed by atoms with E-state index in [1.165, 1.54) is 32.1 Å². The van der Waals surface area contributed by atoms with Gasteiger partial charge in [-0.1, -0.05) is 36.9 Å². The molecular weight excluding hydrogens is 374 g/mol. The molecule has 2 aromatic rings. The van der Waals surface area contributed by atoms with Gasteiger partial charge in [-0.2, -0.15) is 0 Å². The maximum atomic E-state index is 12.8. The number of H-pyrrole nitrogens is 1. The molecule has 2 N–H and O–H groups in total. The first-order valence-corrected chi connectivity index (χ1v) is 10.4. The number of carbonyl (C=O) groups is 1. The summed E-state index contributed by atoms with van der Waals surface area (Å²) in [6.07, 6.45) is 7.73. The van der Waals surface area contributed by atoms with Gasteiger partial charge in [-0.3, -0.25) is 9.59 Å². The second kappa shape index (κ2) is 9.28. The Morgan fingerprint density at radius 2 is 2.04 bits per heavy atom. The van der Waals surface area contributed by atoms with E-state index in [0.717, 1.165) is 17.8 Å². The number of pyridine rings is 1. The van der Waals surface area contributed by atoms with Gasteiger partial charge in [-0.25, -0.2) is 0 Å². The minimum atomic E-state index is -0.218. The van der Waals surface area contributed by atoms with Crippen molar-refractivity contribution in [2.75, 3.05) is 11.4 Å². The van der Waals surface area contributed by atoms with Gasteiger partial charge in [0.2, 0.25) is 0 Å². The fourth-order valence-corrected chi connectivity index (χ4v) is 4.30. The highest BCUT2D eigenvalue weighted by molar-refractivity contribution is 6.31. The number of anilines is 1. The first kappa shape index (κ1) is 20.5. The first-order chi connectivity index (χ1) is 13.5. The number of hydrogen-bond acceptors (Lipinski definition) is 3. The number of rotatable bonds is 6. The summed E-state index contributed by atoms with van der Waals surface area (Å²) in [5.74, 6) is -0.218. The zero-order valence-electron chi connectivity index (χ0n) is 16.6. The molecule has 0 aliphatic heterocycles. The first-order valence-electron chi connectivity index (χ1n) is 10.0. The van der Waals surface area contributed by atoms with E-state index < -0.39 is 0 Å². The van der Waals surface area contributed by atoms with E-state index in [1.807, 2.05) is 13.0 Å². The van der Waals surface area contributed by atoms with Crippen molar-refractivity contribution < 1.29 is 4.79 Å². The number of aromatic nitrogens is 1. The Balaban J connectivity index is 1.84. The molecule has 6 heteroatoms. The topological polar surface area (TPSA) is 65.2 Å². The van der Waals surface area contributed by atoms with Crippen molar-refractivity contribution in [3.05, 3.63) is 62.5 Å². The molecule has 0 radical (unpaired) electrons. The summed E-state index contributed by atoms with van der Waals surface area (Å²) < 4.78 is 0. The number of carbonyl (C=O) groups excluding carboxylic acids is 1. The summed E-state index contributed by atoms with van der Waals surface area (Å²) in [6.45, 7) is 5.18. The smallest absolute Gasteiger partial charge is 0.252 e. The number of nitrogens with zero attached hydrogens (tertiary/aromatic N) is 1. The van der Waals surface area contributed by atoms with E-state index in [9.17, 15) is 9.59 Å². The molecule has 1 aromatic heterocycles. The van der Waals surface area contributed by atoms with Gasteiger partial charge in [0.15, 0.2) is 0 Å². The van der Waals surface area contributed by atoms with Crippen LogP contribution in [-0.4, -0.2) is 23.5 Å². The van der Waals surface area contributed by atoms with Crippen LogP contribution in [0.3, 0.4) is 0 Å². The molecule has 0 atom stereocenters. The lowest BCUT2D eigenvalue weighted by Gasteiger charge is -2.36. The van der Waals surface area contributed by atoms with Crippen molar-refractivity contribution in [1.29, 1.82) is 0 Å². The predicted octanol–water partition coefficient (Wildman–Crippen LogP) is 4.43. The quantitative estimate of drug-likeness (QED) is 0.752. The lowest BCUT2D eigenvalue weighted by atomic mass is 9.93. The van der Waals surface area contributed by atoms with Crippen LogP contribution < -0.4 is 15.8 Å². The number of nitrogens with one attached hydrogen (secondary N) is 2. The van der Waals surface area contributed by atoms with Crippen LogP contribution in [0, 0.1) is 6.92 Å². The van der Waals surface area contributed by atoms with E-state index in [1.54, 1.807) is 24.4 Å². The molecule has 0 bridgehead atoms. The van der Waals surface area contributed by atoms with Gasteiger partial charge in [0, 0.05) is 47.2 Å². The minimum Gasteiger partial charge on any atom is -0.369 e. The van der Waals surface area contributed by atoms with E-state index in [0.29, 0.717) is 22.2 Å². The minimum absolute atomic E-state index is 0.177. The van der Waals surface area contributed by atoms with E-state index >= 15 is 0 Å². The summed E-state index contributed by atoms with van der Waals surface area (Å²) in [5, 5.41) is 3.41. The highest BCUT2D eigenvalue weighted by Gasteiger charge is 2.24. The fourth-order valence-electron chi connectivity index (χ4n) is 4.08. The molecule has 28 heavy (non-hydrogen) atoms. The number of hydrogen-bond donors (Lipinski definition) is 2. The van der Waals surface area contributed by atoms with Gasteiger partial charge in [-0.15, -0.1) is 0 Å². The van der Waals surface area contributed by atoms with Gasteiger partial charge in [-0.05, 0) is 50.5 Å². The molecule has 1 heterocycles. The van der Waals surface area contributed by atoms with Crippen molar-refractivity contribution in [3.8, 4) is 0 Å². The lowest BCUT2D eigenvalue weighted by Crippen LogP contribution is -2.37. The Bertz CT molecular complexity index is 888. The molecule has 1 fully saturated rings. The third kappa shape index (κ3) is 4.58. The summed E-state index contributed by atoms with van der Waals surface area (Å²) in [5.41, 5.74) is 2.85. The molecule has 5 nitrogen and oxygen atoms in total. The fraction of sp³-hybridized carbons (Fsp3) is 0.455. The molecule has 1 aliphatic carbocycles. The van der Waals surface area contributed by atoms with Crippen molar-refractivity contribution in [3.63, 3.8) is 0 Å². The van der Waals surface area contributed by atoms with E-state index in [4.69, 9.17) is 11.6 Å². The number of aromatic amines is 1. The Labute approximate surface area is 171 Å². The molecule has 3 rings (SSSR count). The van der Waals surface area contributed by atoms with Gasteiger partial charge >= 0.3 is 0 Å². The van der Waals surface area contributed by atoms with Crippen LogP contribution in [0.1, 0.15) is 60.5 Å². The predicted molar refractivity (Wildman–Crippen MR) is 114 cm³/mol. The van der Waals surface area contributed by atoms with Crippen LogP contribution in [0.2, 0.25) is 5.02 Å². The summed E-state index contributed by atoms with van der Waals surface area (Å²) >= 11 is 6.39. The maximum Gasteiger partial charge on any atom is 0.252 e. The zero-order valence-corrected chi connectivity index (χ0v) is 17.3. The van der Waals surface area contributed by atoms with Crippen molar-refractivity contribution in [1.82, 2.24) is 10.3 Å². The normalized spacial score (nSPS) is 14.7. The van der Waals surface area contributed by atoms with Crippen LogP contribution in [0.4, 0.5) is 5.69 Å². The average Bonchev–Trinajstić information content (AvgIpc) is 2.71. The second-order valence-electron chi connectivity index (χ2n) is 7.38. The molecule has 150 valence electrons. The Hall–Kier alpha value is -2.27. The molecule has 1 amide bonds. The largest absolute Gasteiger partial charge is 0.369 e. The Kier molecular flexibility index (Phi) is 6.79. The van der Waals surface area contributed by atoms with Crippen molar-refractivity contribution in [2.45, 2.75) is 58.5 Å². The Morgan fingerprint density at radius 1 is 1.29 bits per heavy atom. The zero-order chi connectivity index (χ0) is 20.1. The monoisotopic (exact) mass is 401 g/mol. The summed E-state index contributed by atoms with van der Waals surface area (Å²) in [7, 11) is 0. The van der Waals surface area contributed by atoms with Crippen LogP contribution in [0.15, 0.2) is 35.3 Å². The average molecular weight is 402 g/mol. The van der Waals surface area contributed by atoms with Crippen LogP contribution in [0.25, 0.3) is 0 Å². The van der Waals surface area contributed by atoms with Gasteiger partial charge in [0.25, 0.3) is 11.5 Å². The molecular formula is C22H28ClN3O2. The van der Waals surface area contributed by atoms with Crippen molar-refractivity contribution in [2.24, 2.45) is 0 Å². The molecule has 0 unspecified atom stereocenters. The van der Waals surface area contributed by atoms with Crippen LogP contribution in [0.5, 0.6) is 0 Å². The standard InChI is InChI=1S/C22H28ClN3O2/c1-3-26(18-9-5-4-6-10-18)20-13-17(23)12-19(15(20)2)22(28)25-14-16-8-7-11-24-21(16)27/h7-8,11-13,18H,3-6,9-10,14H2,1-2H3,(H,24,27)(H,25,28). The highest BCUT2D eigenvalue weighted by Crippen LogP contribution is 2.33. The van der Waals surface area contributed by atoms with Gasteiger partial charge in [0.1, 0.15) is 0 Å². The summed E-state index contributed by atoms with van der Waals surface area (Å²) in [6, 6.07) is 7.62. The van der Waals surface area contributed by atoms with Gasteiger partial charge in [0.05, 0.1) is 0 Å². The van der Waals surface area contributed by atoms with E-state index in [-0.39, 0.29) is 18.0 Å². The maximum absolute atomic E-state index is 12.8. The van der Waals surface area contributed by atoms with Crippen LogP contribution in [-0.2, 0) is 6.54 Å². The lowest BCUT2D eigenvalue weighted by molar-refractivity contribution is 0.0950. The second-order valence-corrected chi connectivity index (χ2v) is 7.82. The number of amides is 1. The molecule has 1 aliphatic rings. The molecule has 0 saturated heterocycles. The van der Waals surface area contributed by atoms with E-state index in [2.05, 4.69) is 22.1 Å². The third-order valence-electron chi connectivity index (χ3n) is 5.59. The van der Waals surface area contributed by atoms with Crippen molar-refractivity contribution >= 4 is 23.2 Å². The Morgan fingerprint density at radius 3 is 2.71 bits per heavy atom. The molecule has 1 saturated carbocycles. The number of halogens is 1.